The number of rotatable bonds is 10. The molecule has 27 heavy (non-hydrogen) atoms. The van der Waals surface area contributed by atoms with Gasteiger partial charge >= 0.3 is 0 Å². The van der Waals surface area contributed by atoms with Gasteiger partial charge in [0.05, 0.1) is 11.5 Å². The second-order valence-electron chi connectivity index (χ2n) is 6.12. The number of nitro groups is 1. The van der Waals surface area contributed by atoms with Gasteiger partial charge in [-0.1, -0.05) is 55.8 Å². The van der Waals surface area contributed by atoms with Crippen molar-refractivity contribution in [1.29, 1.82) is 0 Å². The van der Waals surface area contributed by atoms with E-state index in [0.29, 0.717) is 17.1 Å². The van der Waals surface area contributed by atoms with Gasteiger partial charge in [-0.15, -0.1) is 0 Å². The number of likely N-dealkylation sites (N-methyl/N-ethyl adjacent to an activating group) is 1. The van der Waals surface area contributed by atoms with Crippen molar-refractivity contribution in [3.8, 4) is 0 Å². The molecule has 0 saturated carbocycles. The minimum atomic E-state index is -0.502. The lowest BCUT2D eigenvalue weighted by Gasteiger charge is -2.31. The molecule has 0 radical (unpaired) electrons. The van der Waals surface area contributed by atoms with Gasteiger partial charge in [0, 0.05) is 35.3 Å². The fourth-order valence-corrected chi connectivity index (χ4v) is 3.32. The summed E-state index contributed by atoms with van der Waals surface area (Å²) < 4.78 is 0. The van der Waals surface area contributed by atoms with E-state index >= 15 is 0 Å². The van der Waals surface area contributed by atoms with Crippen LogP contribution in [0.25, 0.3) is 0 Å². The Morgan fingerprint density at radius 1 is 1.19 bits per heavy atom. The summed E-state index contributed by atoms with van der Waals surface area (Å²) >= 11 is 6.38. The van der Waals surface area contributed by atoms with E-state index in [9.17, 15) is 14.9 Å². The number of benzene rings is 2. The molecule has 2 aromatic carbocycles. The third-order valence-electron chi connectivity index (χ3n) is 4.52. The minimum Gasteiger partial charge on any atom is -0.308 e. The van der Waals surface area contributed by atoms with E-state index in [2.05, 4.69) is 24.1 Å². The lowest BCUT2D eigenvalue weighted by Crippen LogP contribution is -2.37. The van der Waals surface area contributed by atoms with E-state index in [1.165, 1.54) is 18.2 Å². The second-order valence-corrected chi connectivity index (χ2v) is 6.53. The van der Waals surface area contributed by atoms with E-state index in [4.69, 9.17) is 11.6 Å². The number of nitrogens with one attached hydrogen (secondary N) is 1. The van der Waals surface area contributed by atoms with Gasteiger partial charge in [-0.3, -0.25) is 19.8 Å². The number of carbonyl (C=O) groups excluding carboxylic acids is 1. The zero-order valence-corrected chi connectivity index (χ0v) is 16.3. The van der Waals surface area contributed by atoms with Gasteiger partial charge in [0.25, 0.3) is 5.69 Å². The normalized spacial score (nSPS) is 12.1. The van der Waals surface area contributed by atoms with Crippen LogP contribution in [0.3, 0.4) is 0 Å². The first-order valence-electron chi connectivity index (χ1n) is 8.94. The number of nitrogens with zero attached hydrogens (tertiary/aromatic N) is 2. The number of carbonyl (C=O) groups is 1. The molecule has 6 nitrogen and oxygen atoms in total. The number of non-ortho nitro benzene ring substituents is 1. The fraction of sp³-hybridized carbons (Fsp3) is 0.350. The Morgan fingerprint density at radius 2 is 1.89 bits per heavy atom. The predicted molar refractivity (Wildman–Crippen MR) is 107 cm³/mol. The third-order valence-corrected chi connectivity index (χ3v) is 4.86. The Hall–Kier alpha value is -2.28. The van der Waals surface area contributed by atoms with Crippen LogP contribution in [-0.4, -0.2) is 41.8 Å². The molecule has 0 bridgehead atoms. The summed E-state index contributed by atoms with van der Waals surface area (Å²) in [6, 6.07) is 13.5. The smallest absolute Gasteiger partial charge is 0.270 e. The third kappa shape index (κ3) is 5.60. The van der Waals surface area contributed by atoms with Gasteiger partial charge in [-0.2, -0.15) is 0 Å². The van der Waals surface area contributed by atoms with Crippen LogP contribution in [0.4, 0.5) is 5.69 Å². The summed E-state index contributed by atoms with van der Waals surface area (Å²) in [5.74, 6) is -0.184. The van der Waals surface area contributed by atoms with Crippen molar-refractivity contribution < 1.29 is 9.72 Å². The van der Waals surface area contributed by atoms with Crippen LogP contribution < -0.4 is 5.32 Å². The Morgan fingerprint density at radius 3 is 2.52 bits per heavy atom. The van der Waals surface area contributed by atoms with Crippen molar-refractivity contribution in [3.05, 3.63) is 74.8 Å². The molecule has 0 aromatic heterocycles. The lowest BCUT2D eigenvalue weighted by atomic mass is 10.0. The number of hydrogen-bond acceptors (Lipinski definition) is 5. The summed E-state index contributed by atoms with van der Waals surface area (Å²) in [5, 5.41) is 14.8. The van der Waals surface area contributed by atoms with Crippen molar-refractivity contribution in [2.24, 2.45) is 0 Å². The number of halogens is 1. The molecule has 0 fully saturated rings. The van der Waals surface area contributed by atoms with Crippen LogP contribution in [0, 0.1) is 10.1 Å². The number of Topliss-reactive ketones (excluding diaryl/α,β-unsaturated/α-hetero) is 1. The minimum absolute atomic E-state index is 0.0339. The van der Waals surface area contributed by atoms with Crippen LogP contribution in [0.1, 0.15) is 35.8 Å². The standard InChI is InChI=1S/C20H24ClN3O3/c1-3-23(4-2)19(17-10-5-6-11-18(17)21)13-22-14-20(25)15-8-7-9-16(12-15)24(26)27/h5-12,19,22H,3-4,13-14H2,1-2H3. The van der Waals surface area contributed by atoms with Gasteiger partial charge in [0.2, 0.25) is 0 Å². The van der Waals surface area contributed by atoms with Gasteiger partial charge in [-0.05, 0) is 24.7 Å². The Kier molecular flexibility index (Phi) is 7.91. The maximum atomic E-state index is 12.4. The first-order chi connectivity index (χ1) is 13.0. The molecule has 2 rings (SSSR count). The van der Waals surface area contributed by atoms with Gasteiger partial charge in [0.1, 0.15) is 0 Å². The predicted octanol–water partition coefficient (Wildman–Crippen LogP) is 4.10. The molecule has 0 heterocycles. The molecule has 0 aliphatic carbocycles. The average Bonchev–Trinajstić information content (AvgIpc) is 2.68. The SMILES string of the molecule is CCN(CC)C(CNCC(=O)c1cccc([N+](=O)[O-])c1)c1ccccc1Cl. The summed E-state index contributed by atoms with van der Waals surface area (Å²) in [4.78, 5) is 25.0. The van der Waals surface area contributed by atoms with Crippen LogP contribution in [-0.2, 0) is 0 Å². The zero-order chi connectivity index (χ0) is 19.8. The largest absolute Gasteiger partial charge is 0.308 e. The van der Waals surface area contributed by atoms with Crippen LogP contribution in [0.2, 0.25) is 5.02 Å². The summed E-state index contributed by atoms with van der Waals surface area (Å²) in [5.41, 5.74) is 1.25. The van der Waals surface area contributed by atoms with E-state index in [-0.39, 0.29) is 24.1 Å². The number of hydrogen-bond donors (Lipinski definition) is 1. The van der Waals surface area contributed by atoms with Crippen LogP contribution in [0.5, 0.6) is 0 Å². The lowest BCUT2D eigenvalue weighted by molar-refractivity contribution is -0.384. The highest BCUT2D eigenvalue weighted by Crippen LogP contribution is 2.27. The van der Waals surface area contributed by atoms with Crippen molar-refractivity contribution >= 4 is 23.1 Å². The first-order valence-corrected chi connectivity index (χ1v) is 9.32. The molecule has 144 valence electrons. The quantitative estimate of drug-likeness (QED) is 0.376. The van der Waals surface area contributed by atoms with Crippen molar-refractivity contribution in [2.75, 3.05) is 26.2 Å². The first kappa shape index (κ1) is 21.0. The van der Waals surface area contributed by atoms with E-state index < -0.39 is 4.92 Å². The second kappa shape index (κ2) is 10.2. The van der Waals surface area contributed by atoms with Crippen molar-refractivity contribution in [3.63, 3.8) is 0 Å². The maximum Gasteiger partial charge on any atom is 0.270 e. The Labute approximate surface area is 164 Å². The number of nitro benzene ring substituents is 1. The molecule has 0 aliphatic heterocycles. The summed E-state index contributed by atoms with van der Waals surface area (Å²) in [7, 11) is 0. The highest BCUT2D eigenvalue weighted by molar-refractivity contribution is 6.31. The molecule has 2 aromatic rings. The topological polar surface area (TPSA) is 75.5 Å². The van der Waals surface area contributed by atoms with Gasteiger partial charge in [-0.25, -0.2) is 0 Å². The van der Waals surface area contributed by atoms with E-state index in [1.807, 2.05) is 24.3 Å². The molecular weight excluding hydrogens is 366 g/mol. The molecule has 1 unspecified atom stereocenters. The molecule has 7 heteroatoms. The zero-order valence-electron chi connectivity index (χ0n) is 15.5. The molecule has 1 atom stereocenters. The van der Waals surface area contributed by atoms with Gasteiger partial charge in [0.15, 0.2) is 5.78 Å². The highest BCUT2D eigenvalue weighted by Gasteiger charge is 2.20. The average molecular weight is 390 g/mol. The van der Waals surface area contributed by atoms with Crippen LogP contribution >= 0.6 is 11.6 Å². The van der Waals surface area contributed by atoms with Crippen LogP contribution in [0.15, 0.2) is 48.5 Å². The van der Waals surface area contributed by atoms with E-state index in [0.717, 1.165) is 18.7 Å². The fourth-order valence-electron chi connectivity index (χ4n) is 3.06. The Bertz CT molecular complexity index is 794. The summed E-state index contributed by atoms with van der Waals surface area (Å²) in [6.45, 7) is 6.53. The van der Waals surface area contributed by atoms with Crippen molar-refractivity contribution in [1.82, 2.24) is 10.2 Å². The maximum absolute atomic E-state index is 12.4. The molecule has 0 saturated heterocycles. The molecule has 0 spiro atoms. The number of ketones is 1. The molecule has 0 aliphatic rings. The summed E-state index contributed by atoms with van der Waals surface area (Å²) in [6.07, 6.45) is 0. The van der Waals surface area contributed by atoms with Gasteiger partial charge < -0.3 is 5.32 Å². The monoisotopic (exact) mass is 389 g/mol. The Balaban J connectivity index is 2.07. The molecular formula is C20H24ClN3O3. The molecule has 0 amide bonds. The molecule has 1 N–H and O–H groups in total. The van der Waals surface area contributed by atoms with Crippen molar-refractivity contribution in [2.45, 2.75) is 19.9 Å². The highest BCUT2D eigenvalue weighted by atomic mass is 35.5. The van der Waals surface area contributed by atoms with E-state index in [1.54, 1.807) is 6.07 Å².